The summed E-state index contributed by atoms with van der Waals surface area (Å²) in [6.07, 6.45) is 0.813. The van der Waals surface area contributed by atoms with Crippen LogP contribution in [0.2, 0.25) is 0 Å². The fraction of sp³-hybridized carbons (Fsp3) is 0.143. The van der Waals surface area contributed by atoms with E-state index in [2.05, 4.69) is 0 Å². The lowest BCUT2D eigenvalue weighted by Gasteiger charge is -2.08. The van der Waals surface area contributed by atoms with Crippen molar-refractivity contribution in [1.82, 2.24) is 0 Å². The Kier molecular flexibility index (Phi) is 5.10. The van der Waals surface area contributed by atoms with Crippen molar-refractivity contribution < 1.29 is 14.3 Å². The topological polar surface area (TPSA) is 43.4 Å². The van der Waals surface area contributed by atoms with Gasteiger partial charge in [0.15, 0.2) is 6.29 Å². The summed E-state index contributed by atoms with van der Waals surface area (Å²) in [5.74, 6) is -0.402. The molecule has 0 amide bonds. The Balaban J connectivity index is 2.28. The molecule has 0 spiro atoms. The van der Waals surface area contributed by atoms with E-state index in [1.165, 1.54) is 11.3 Å². The lowest BCUT2D eigenvalue weighted by Crippen LogP contribution is -2.06. The van der Waals surface area contributed by atoms with Crippen molar-refractivity contribution in [3.8, 4) is 21.6 Å². The molecule has 0 bridgehead atoms. The Hall–Kier alpha value is -2.72. The summed E-state index contributed by atoms with van der Waals surface area (Å²) in [6, 6.07) is 17.4. The van der Waals surface area contributed by atoms with Crippen LogP contribution in [0.4, 0.5) is 0 Å². The number of thiophene rings is 1. The van der Waals surface area contributed by atoms with Crippen molar-refractivity contribution in [2.45, 2.75) is 13.8 Å². The Labute approximate surface area is 150 Å². The van der Waals surface area contributed by atoms with Gasteiger partial charge in [0, 0.05) is 5.56 Å². The van der Waals surface area contributed by atoms with Crippen molar-refractivity contribution in [1.29, 1.82) is 0 Å². The van der Waals surface area contributed by atoms with E-state index in [-0.39, 0.29) is 6.61 Å². The minimum Gasteiger partial charge on any atom is -0.462 e. The summed E-state index contributed by atoms with van der Waals surface area (Å²) in [5.41, 5.74) is 3.99. The van der Waals surface area contributed by atoms with Crippen LogP contribution in [0.3, 0.4) is 0 Å². The second-order valence-corrected chi connectivity index (χ2v) is 6.67. The lowest BCUT2D eigenvalue weighted by atomic mass is 9.98. The maximum absolute atomic E-state index is 12.7. The van der Waals surface area contributed by atoms with Crippen LogP contribution in [0.15, 0.2) is 54.6 Å². The van der Waals surface area contributed by atoms with E-state index in [0.29, 0.717) is 16.0 Å². The number of ether oxygens (including phenoxy) is 1. The monoisotopic (exact) mass is 350 g/mol. The number of benzene rings is 2. The highest BCUT2D eigenvalue weighted by atomic mass is 32.1. The zero-order chi connectivity index (χ0) is 17.8. The zero-order valence-electron chi connectivity index (χ0n) is 14.1. The van der Waals surface area contributed by atoms with Crippen LogP contribution >= 0.6 is 11.3 Å². The molecule has 3 nitrogen and oxygen atoms in total. The molecule has 0 aliphatic carbocycles. The van der Waals surface area contributed by atoms with Gasteiger partial charge in [-0.05, 0) is 25.0 Å². The van der Waals surface area contributed by atoms with Crippen molar-refractivity contribution in [2.24, 2.45) is 0 Å². The highest BCUT2D eigenvalue weighted by Gasteiger charge is 2.26. The van der Waals surface area contributed by atoms with E-state index in [1.54, 1.807) is 6.92 Å². The third-order valence-corrected chi connectivity index (χ3v) is 5.06. The van der Waals surface area contributed by atoms with Gasteiger partial charge in [0.2, 0.25) is 0 Å². The molecule has 2 aromatic carbocycles. The first-order valence-corrected chi connectivity index (χ1v) is 8.89. The van der Waals surface area contributed by atoms with Gasteiger partial charge in [-0.3, -0.25) is 4.79 Å². The maximum atomic E-state index is 12.7. The van der Waals surface area contributed by atoms with Crippen LogP contribution in [0.1, 0.15) is 32.5 Å². The first-order chi connectivity index (χ1) is 12.2. The molecular formula is C21H18O3S. The third-order valence-electron chi connectivity index (χ3n) is 3.90. The first-order valence-electron chi connectivity index (χ1n) is 8.07. The van der Waals surface area contributed by atoms with Crippen molar-refractivity contribution >= 4 is 23.6 Å². The SMILES string of the molecule is CCOC(=O)c1c(-c2ccc(C)cc2)sc(C=O)c1-c1ccccc1. The van der Waals surface area contributed by atoms with E-state index in [4.69, 9.17) is 4.74 Å². The van der Waals surface area contributed by atoms with Crippen LogP contribution < -0.4 is 0 Å². The van der Waals surface area contributed by atoms with Gasteiger partial charge in [0.25, 0.3) is 0 Å². The number of carbonyl (C=O) groups is 2. The molecule has 1 heterocycles. The summed E-state index contributed by atoms with van der Waals surface area (Å²) in [6.45, 7) is 4.07. The number of rotatable bonds is 5. The second kappa shape index (κ2) is 7.45. The number of aldehydes is 1. The van der Waals surface area contributed by atoms with Gasteiger partial charge in [0.05, 0.1) is 21.9 Å². The summed E-state index contributed by atoms with van der Waals surface area (Å²) in [5, 5.41) is 0. The largest absolute Gasteiger partial charge is 0.462 e. The summed E-state index contributed by atoms with van der Waals surface area (Å²) in [4.78, 5) is 25.7. The van der Waals surface area contributed by atoms with Crippen LogP contribution in [0.5, 0.6) is 0 Å². The van der Waals surface area contributed by atoms with Crippen molar-refractivity contribution in [3.05, 3.63) is 70.6 Å². The molecule has 3 aromatic rings. The second-order valence-electron chi connectivity index (χ2n) is 5.62. The summed E-state index contributed by atoms with van der Waals surface area (Å²) in [7, 11) is 0. The van der Waals surface area contributed by atoms with Crippen LogP contribution in [-0.2, 0) is 4.74 Å². The van der Waals surface area contributed by atoms with Gasteiger partial charge in [-0.1, -0.05) is 60.2 Å². The van der Waals surface area contributed by atoms with Gasteiger partial charge >= 0.3 is 5.97 Å². The van der Waals surface area contributed by atoms with Crippen LogP contribution in [-0.4, -0.2) is 18.9 Å². The number of hydrogen-bond donors (Lipinski definition) is 0. The van der Waals surface area contributed by atoms with Crippen molar-refractivity contribution in [2.75, 3.05) is 6.61 Å². The normalized spacial score (nSPS) is 10.5. The molecular weight excluding hydrogens is 332 g/mol. The molecule has 0 N–H and O–H groups in total. The fourth-order valence-electron chi connectivity index (χ4n) is 2.73. The van der Waals surface area contributed by atoms with Crippen molar-refractivity contribution in [3.63, 3.8) is 0 Å². The van der Waals surface area contributed by atoms with E-state index in [1.807, 2.05) is 61.5 Å². The van der Waals surface area contributed by atoms with Crippen LogP contribution in [0.25, 0.3) is 21.6 Å². The number of esters is 1. The zero-order valence-corrected chi connectivity index (χ0v) is 14.9. The minimum absolute atomic E-state index is 0.284. The summed E-state index contributed by atoms with van der Waals surface area (Å²) >= 11 is 1.33. The lowest BCUT2D eigenvalue weighted by molar-refractivity contribution is 0.0528. The summed E-state index contributed by atoms with van der Waals surface area (Å²) < 4.78 is 5.29. The van der Waals surface area contributed by atoms with Gasteiger partial charge in [-0.25, -0.2) is 4.79 Å². The average molecular weight is 350 g/mol. The van der Waals surface area contributed by atoms with Crippen LogP contribution in [0, 0.1) is 6.92 Å². The molecule has 126 valence electrons. The molecule has 0 aliphatic heterocycles. The number of hydrogen-bond acceptors (Lipinski definition) is 4. The molecule has 1 aromatic heterocycles. The van der Waals surface area contributed by atoms with E-state index in [9.17, 15) is 9.59 Å². The first kappa shape index (κ1) is 17.1. The smallest absolute Gasteiger partial charge is 0.340 e. The molecule has 0 saturated heterocycles. The number of carbonyl (C=O) groups excluding carboxylic acids is 2. The average Bonchev–Trinajstić information content (AvgIpc) is 3.03. The standard InChI is InChI=1S/C21H18O3S/c1-3-24-21(23)19-18(15-7-5-4-6-8-15)17(13-22)25-20(19)16-11-9-14(2)10-12-16/h4-13H,3H2,1-2H3. The molecule has 0 atom stereocenters. The molecule has 3 rings (SSSR count). The predicted octanol–water partition coefficient (Wildman–Crippen LogP) is 5.38. The Bertz CT molecular complexity index is 893. The maximum Gasteiger partial charge on any atom is 0.340 e. The van der Waals surface area contributed by atoms with Gasteiger partial charge in [-0.15, -0.1) is 11.3 Å². The minimum atomic E-state index is -0.402. The quantitative estimate of drug-likeness (QED) is 0.458. The molecule has 0 saturated carbocycles. The van der Waals surface area contributed by atoms with Gasteiger partial charge in [-0.2, -0.15) is 0 Å². The third kappa shape index (κ3) is 3.39. The number of aryl methyl sites for hydroxylation is 1. The molecule has 0 fully saturated rings. The molecule has 25 heavy (non-hydrogen) atoms. The Morgan fingerprint density at radius 2 is 1.72 bits per heavy atom. The molecule has 0 aliphatic rings. The molecule has 0 unspecified atom stereocenters. The molecule has 4 heteroatoms. The predicted molar refractivity (Wildman–Crippen MR) is 101 cm³/mol. The van der Waals surface area contributed by atoms with Gasteiger partial charge in [0.1, 0.15) is 0 Å². The Morgan fingerprint density at radius 1 is 1.04 bits per heavy atom. The highest BCUT2D eigenvalue weighted by molar-refractivity contribution is 7.18. The Morgan fingerprint density at radius 3 is 2.32 bits per heavy atom. The van der Waals surface area contributed by atoms with Gasteiger partial charge < -0.3 is 4.74 Å². The van der Waals surface area contributed by atoms with E-state index >= 15 is 0 Å². The fourth-order valence-corrected chi connectivity index (χ4v) is 3.86. The molecule has 0 radical (unpaired) electrons. The highest BCUT2D eigenvalue weighted by Crippen LogP contribution is 2.42. The van der Waals surface area contributed by atoms with E-state index in [0.717, 1.165) is 27.9 Å². The van der Waals surface area contributed by atoms with E-state index < -0.39 is 5.97 Å².